The van der Waals surface area contributed by atoms with Crippen LogP contribution in [0.5, 0.6) is 5.75 Å². The van der Waals surface area contributed by atoms with Gasteiger partial charge in [0, 0.05) is 25.1 Å². The highest BCUT2D eigenvalue weighted by Crippen LogP contribution is 2.37. The lowest BCUT2D eigenvalue weighted by molar-refractivity contribution is 0.159. The lowest BCUT2D eigenvalue weighted by atomic mass is 10.1. The van der Waals surface area contributed by atoms with E-state index in [4.69, 9.17) is 32.4 Å². The summed E-state index contributed by atoms with van der Waals surface area (Å²) in [6.45, 7) is 1.81. The van der Waals surface area contributed by atoms with Crippen molar-refractivity contribution < 1.29 is 9.15 Å². The molecule has 0 bridgehead atoms. The molecule has 3 nitrogen and oxygen atoms in total. The average molecular weight is 312 g/mol. The third kappa shape index (κ3) is 2.66. The molecule has 1 aromatic carbocycles. The normalized spacial score (nSPS) is 19.4. The topological polar surface area (TPSA) is 25.6 Å². The van der Waals surface area contributed by atoms with Gasteiger partial charge in [-0.3, -0.25) is 0 Å². The van der Waals surface area contributed by atoms with Gasteiger partial charge >= 0.3 is 0 Å². The molecule has 1 aromatic heterocycles. The van der Waals surface area contributed by atoms with Gasteiger partial charge in [-0.2, -0.15) is 0 Å². The molecular weight excluding hydrogens is 297 g/mol. The zero-order valence-electron chi connectivity index (χ0n) is 11.1. The summed E-state index contributed by atoms with van der Waals surface area (Å²) in [7, 11) is 2.09. The van der Waals surface area contributed by atoms with Gasteiger partial charge in [0.05, 0.1) is 11.3 Å². The fourth-order valence-electron chi connectivity index (χ4n) is 2.44. The van der Waals surface area contributed by atoms with E-state index in [1.807, 2.05) is 18.2 Å². The van der Waals surface area contributed by atoms with E-state index < -0.39 is 0 Å². The third-order valence-corrected chi connectivity index (χ3v) is 4.27. The molecule has 0 amide bonds. The summed E-state index contributed by atoms with van der Waals surface area (Å²) < 4.78 is 11.7. The van der Waals surface area contributed by atoms with Crippen molar-refractivity contribution >= 4 is 23.2 Å². The maximum absolute atomic E-state index is 6.18. The van der Waals surface area contributed by atoms with Crippen LogP contribution in [0, 0.1) is 0 Å². The molecule has 3 rings (SSSR count). The minimum Gasteiger partial charge on any atom is -0.481 e. The molecule has 0 radical (unpaired) electrons. The monoisotopic (exact) mass is 311 g/mol. The van der Waals surface area contributed by atoms with Crippen molar-refractivity contribution in [3.8, 4) is 5.75 Å². The molecule has 0 N–H and O–H groups in total. The van der Waals surface area contributed by atoms with Gasteiger partial charge in [0.25, 0.3) is 0 Å². The van der Waals surface area contributed by atoms with E-state index in [2.05, 4.69) is 11.9 Å². The van der Waals surface area contributed by atoms with E-state index in [0.717, 1.165) is 30.8 Å². The second kappa shape index (κ2) is 5.68. The number of furan rings is 1. The van der Waals surface area contributed by atoms with Crippen molar-refractivity contribution in [3.05, 3.63) is 51.9 Å². The van der Waals surface area contributed by atoms with Crippen molar-refractivity contribution in [2.75, 3.05) is 13.6 Å². The van der Waals surface area contributed by atoms with Crippen LogP contribution < -0.4 is 4.74 Å². The largest absolute Gasteiger partial charge is 0.481 e. The molecule has 0 aliphatic carbocycles. The van der Waals surface area contributed by atoms with Crippen LogP contribution in [0.15, 0.2) is 34.9 Å². The molecule has 1 unspecified atom stereocenters. The molecule has 5 heteroatoms. The molecular formula is C15H15Cl2NO2. The average Bonchev–Trinajstić information content (AvgIpc) is 2.82. The number of hydrogen-bond acceptors (Lipinski definition) is 3. The Labute approximate surface area is 128 Å². The summed E-state index contributed by atoms with van der Waals surface area (Å²) >= 11 is 12.2. The summed E-state index contributed by atoms with van der Waals surface area (Å²) in [6, 6.07) is 7.39. The lowest BCUT2D eigenvalue weighted by Crippen LogP contribution is -2.18. The molecule has 0 fully saturated rings. The van der Waals surface area contributed by atoms with Crippen molar-refractivity contribution in [2.24, 2.45) is 0 Å². The summed E-state index contributed by atoms with van der Waals surface area (Å²) in [5, 5.41) is 0.939. The first-order valence-electron chi connectivity index (χ1n) is 6.50. The van der Waals surface area contributed by atoms with E-state index in [9.17, 15) is 0 Å². The number of rotatable bonds is 2. The van der Waals surface area contributed by atoms with Crippen LogP contribution in [0.1, 0.15) is 23.8 Å². The maximum atomic E-state index is 6.18. The molecule has 1 aliphatic rings. The van der Waals surface area contributed by atoms with Crippen LogP contribution in [0.4, 0.5) is 0 Å². The molecule has 2 heterocycles. The highest BCUT2D eigenvalue weighted by molar-refractivity contribution is 6.42. The molecule has 0 saturated heterocycles. The zero-order valence-corrected chi connectivity index (χ0v) is 12.6. The fourth-order valence-corrected chi connectivity index (χ4v) is 2.78. The molecule has 20 heavy (non-hydrogen) atoms. The Morgan fingerprint density at radius 1 is 1.30 bits per heavy atom. The summed E-state index contributed by atoms with van der Waals surface area (Å²) in [4.78, 5) is 2.25. The predicted octanol–water partition coefficient (Wildman–Crippen LogP) is 4.54. The standard InChI is InChI=1S/C15H15Cl2NO2/c1-18-7-5-13(15-10(9-18)6-8-19-15)20-12-4-2-3-11(16)14(12)17/h2-4,6,8,13H,5,7,9H2,1H3. The predicted molar refractivity (Wildman–Crippen MR) is 79.5 cm³/mol. The second-order valence-corrected chi connectivity index (χ2v) is 5.78. The molecule has 0 saturated carbocycles. The SMILES string of the molecule is CN1CCC(Oc2cccc(Cl)c2Cl)c2occc2C1. The first-order valence-corrected chi connectivity index (χ1v) is 7.26. The van der Waals surface area contributed by atoms with Crippen LogP contribution in [-0.2, 0) is 6.54 Å². The van der Waals surface area contributed by atoms with Crippen molar-refractivity contribution in [1.82, 2.24) is 4.90 Å². The highest BCUT2D eigenvalue weighted by Gasteiger charge is 2.26. The first kappa shape index (κ1) is 13.8. The second-order valence-electron chi connectivity index (χ2n) is 4.99. The number of hydrogen-bond donors (Lipinski definition) is 0. The minimum absolute atomic E-state index is 0.138. The van der Waals surface area contributed by atoms with Crippen LogP contribution in [0.3, 0.4) is 0 Å². The Kier molecular flexibility index (Phi) is 3.92. The van der Waals surface area contributed by atoms with Crippen LogP contribution in [0.25, 0.3) is 0 Å². The number of halogens is 2. The van der Waals surface area contributed by atoms with Gasteiger partial charge in [0.15, 0.2) is 6.10 Å². The van der Waals surface area contributed by atoms with E-state index in [1.54, 1.807) is 12.3 Å². The summed E-state index contributed by atoms with van der Waals surface area (Å²) in [6.07, 6.45) is 2.42. The molecule has 1 atom stereocenters. The zero-order chi connectivity index (χ0) is 14.1. The Hall–Kier alpha value is -1.16. The van der Waals surface area contributed by atoms with Crippen molar-refractivity contribution in [2.45, 2.75) is 19.1 Å². The third-order valence-electron chi connectivity index (χ3n) is 3.47. The van der Waals surface area contributed by atoms with Gasteiger partial charge in [0.2, 0.25) is 0 Å². The summed E-state index contributed by atoms with van der Waals surface area (Å²) in [5.41, 5.74) is 1.16. The van der Waals surface area contributed by atoms with E-state index in [1.165, 1.54) is 0 Å². The Morgan fingerprint density at radius 2 is 2.15 bits per heavy atom. The molecule has 1 aliphatic heterocycles. The number of fused-ring (bicyclic) bond motifs is 1. The van der Waals surface area contributed by atoms with Crippen molar-refractivity contribution in [1.29, 1.82) is 0 Å². The van der Waals surface area contributed by atoms with Gasteiger partial charge in [-0.25, -0.2) is 0 Å². The lowest BCUT2D eigenvalue weighted by Gasteiger charge is -2.18. The molecule has 0 spiro atoms. The van der Waals surface area contributed by atoms with E-state index >= 15 is 0 Å². The summed E-state index contributed by atoms with van der Waals surface area (Å²) in [5.74, 6) is 1.47. The minimum atomic E-state index is -0.138. The van der Waals surface area contributed by atoms with Crippen LogP contribution in [-0.4, -0.2) is 18.5 Å². The van der Waals surface area contributed by atoms with E-state index in [0.29, 0.717) is 15.8 Å². The molecule has 106 valence electrons. The number of nitrogens with zero attached hydrogens (tertiary/aromatic N) is 1. The smallest absolute Gasteiger partial charge is 0.158 e. The first-order chi connectivity index (χ1) is 9.65. The van der Waals surface area contributed by atoms with Gasteiger partial charge < -0.3 is 14.1 Å². The van der Waals surface area contributed by atoms with Gasteiger partial charge in [-0.05, 0) is 25.2 Å². The number of benzene rings is 1. The maximum Gasteiger partial charge on any atom is 0.158 e. The van der Waals surface area contributed by atoms with Gasteiger partial charge in [-0.15, -0.1) is 0 Å². The van der Waals surface area contributed by atoms with Crippen LogP contribution in [0.2, 0.25) is 10.0 Å². The van der Waals surface area contributed by atoms with Crippen LogP contribution >= 0.6 is 23.2 Å². The Balaban J connectivity index is 1.89. The van der Waals surface area contributed by atoms with E-state index in [-0.39, 0.29) is 6.10 Å². The Bertz CT molecular complexity index is 612. The Morgan fingerprint density at radius 3 is 3.00 bits per heavy atom. The van der Waals surface area contributed by atoms with Gasteiger partial charge in [0.1, 0.15) is 16.5 Å². The number of ether oxygens (including phenoxy) is 1. The van der Waals surface area contributed by atoms with Gasteiger partial charge in [-0.1, -0.05) is 29.3 Å². The highest BCUT2D eigenvalue weighted by atomic mass is 35.5. The fraction of sp³-hybridized carbons (Fsp3) is 0.333. The molecule has 2 aromatic rings. The quantitative estimate of drug-likeness (QED) is 0.814. The van der Waals surface area contributed by atoms with Crippen molar-refractivity contribution in [3.63, 3.8) is 0 Å².